The summed E-state index contributed by atoms with van der Waals surface area (Å²) in [5, 5.41) is 2.99. The molecule has 44 heavy (non-hydrogen) atoms. The van der Waals surface area contributed by atoms with E-state index in [1.54, 1.807) is 4.88 Å². The summed E-state index contributed by atoms with van der Waals surface area (Å²) in [6.45, 7) is 21.1. The third-order valence-corrected chi connectivity index (χ3v) is 30.4. The van der Waals surface area contributed by atoms with Crippen LogP contribution < -0.4 is 12.7 Å². The van der Waals surface area contributed by atoms with Gasteiger partial charge in [0.2, 0.25) is 0 Å². The van der Waals surface area contributed by atoms with Crippen molar-refractivity contribution < 1.29 is 0 Å². The van der Waals surface area contributed by atoms with Crippen molar-refractivity contribution in [1.29, 1.82) is 0 Å². The van der Waals surface area contributed by atoms with E-state index in [-0.39, 0.29) is 0 Å². The molecule has 0 aliphatic carbocycles. The fourth-order valence-corrected chi connectivity index (χ4v) is 29.2. The van der Waals surface area contributed by atoms with Gasteiger partial charge in [0, 0.05) is 0 Å². The molecule has 2 aliphatic rings. The van der Waals surface area contributed by atoms with Gasteiger partial charge in [0.05, 0.1) is 0 Å². The molecular formula is C39H54N2S2Sn. The molecular weight excluding hydrogens is 679 g/mol. The summed E-state index contributed by atoms with van der Waals surface area (Å²) in [5.74, 6) is 1.19. The predicted octanol–water partition coefficient (Wildman–Crippen LogP) is 12.9. The molecule has 2 aromatic heterocycles. The number of hydrogen-bond donors (Lipinski definition) is 0. The number of unbranched alkanes of at least 4 members (excludes halogenated alkanes) is 3. The molecule has 0 saturated heterocycles. The van der Waals surface area contributed by atoms with Gasteiger partial charge in [0.1, 0.15) is 0 Å². The van der Waals surface area contributed by atoms with Crippen LogP contribution in [0.4, 0.5) is 22.7 Å². The Labute approximate surface area is 279 Å². The van der Waals surface area contributed by atoms with E-state index >= 15 is 0 Å². The van der Waals surface area contributed by atoms with E-state index in [0.29, 0.717) is 11.8 Å². The molecule has 5 heteroatoms. The number of anilines is 4. The van der Waals surface area contributed by atoms with Crippen LogP contribution in [-0.2, 0) is 0 Å². The van der Waals surface area contributed by atoms with Crippen LogP contribution in [0.2, 0.25) is 13.3 Å². The molecule has 2 aliphatic heterocycles. The van der Waals surface area contributed by atoms with E-state index in [2.05, 4.69) is 113 Å². The second-order valence-electron chi connectivity index (χ2n) is 14.5. The summed E-state index contributed by atoms with van der Waals surface area (Å²) in [6.07, 6.45) is 8.23. The third-order valence-electron chi connectivity index (χ3n) is 9.96. The first-order valence-electron chi connectivity index (χ1n) is 17.6. The molecule has 2 aromatic carbocycles. The van der Waals surface area contributed by atoms with Gasteiger partial charge < -0.3 is 0 Å². The molecule has 0 bridgehead atoms. The van der Waals surface area contributed by atoms with E-state index in [1.807, 2.05) is 14.2 Å². The van der Waals surface area contributed by atoms with E-state index in [9.17, 15) is 0 Å². The van der Waals surface area contributed by atoms with Crippen molar-refractivity contribution in [3.8, 4) is 20.9 Å². The Morgan fingerprint density at radius 1 is 0.614 bits per heavy atom. The van der Waals surface area contributed by atoms with Crippen LogP contribution in [0.3, 0.4) is 0 Å². The van der Waals surface area contributed by atoms with Crippen LogP contribution in [0.1, 0.15) is 91.9 Å². The average molecular weight is 734 g/mol. The summed E-state index contributed by atoms with van der Waals surface area (Å²) in [5.41, 5.74) is 8.71. The third kappa shape index (κ3) is 5.68. The molecule has 0 N–H and O–H groups in total. The van der Waals surface area contributed by atoms with Gasteiger partial charge in [-0.3, -0.25) is 0 Å². The maximum absolute atomic E-state index is 2.76. The fraction of sp³-hybridized carbons (Fsp3) is 0.538. The number of fused-ring (bicyclic) bond motifs is 4. The molecule has 0 atom stereocenters. The van der Waals surface area contributed by atoms with E-state index in [1.165, 1.54) is 106 Å². The number of aryl methyl sites for hydroxylation is 1. The first kappa shape index (κ1) is 32.4. The number of thiophene rings is 2. The summed E-state index contributed by atoms with van der Waals surface area (Å²) >= 11 is 1.63. The molecule has 0 saturated carbocycles. The summed E-state index contributed by atoms with van der Waals surface area (Å²) in [7, 11) is 0. The van der Waals surface area contributed by atoms with Gasteiger partial charge in [-0.1, -0.05) is 0 Å². The van der Waals surface area contributed by atoms with Crippen LogP contribution in [0.25, 0.3) is 31.7 Å². The number of benzene rings is 2. The number of hydrogen-bond acceptors (Lipinski definition) is 4. The van der Waals surface area contributed by atoms with Gasteiger partial charge in [0.25, 0.3) is 0 Å². The fourth-order valence-electron chi connectivity index (χ4n) is 7.89. The first-order valence-corrected chi connectivity index (χ1v) is 26.7. The molecule has 236 valence electrons. The van der Waals surface area contributed by atoms with Crippen molar-refractivity contribution in [2.45, 2.75) is 107 Å². The van der Waals surface area contributed by atoms with Crippen molar-refractivity contribution in [3.63, 3.8) is 0 Å². The monoisotopic (exact) mass is 734 g/mol. The average Bonchev–Trinajstić information content (AvgIpc) is 3.62. The number of rotatable bonds is 14. The van der Waals surface area contributed by atoms with Gasteiger partial charge in [-0.25, -0.2) is 0 Å². The summed E-state index contributed by atoms with van der Waals surface area (Å²) in [6, 6.07) is 15.1. The molecule has 0 unspecified atom stereocenters. The Balaban J connectivity index is 1.60. The Morgan fingerprint density at radius 2 is 1.07 bits per heavy atom. The Bertz CT molecular complexity index is 1610. The van der Waals surface area contributed by atoms with E-state index < -0.39 is 18.4 Å². The van der Waals surface area contributed by atoms with Crippen molar-refractivity contribution in [3.05, 3.63) is 41.3 Å². The topological polar surface area (TPSA) is 6.48 Å². The van der Waals surface area contributed by atoms with Crippen LogP contribution in [0.15, 0.2) is 36.4 Å². The zero-order valence-corrected chi connectivity index (χ0v) is 33.1. The molecule has 0 radical (unpaired) electrons. The molecule has 0 amide bonds. The molecule has 0 fully saturated rings. The van der Waals surface area contributed by atoms with E-state index in [4.69, 9.17) is 0 Å². The Hall–Kier alpha value is -1.50. The van der Waals surface area contributed by atoms with Crippen molar-refractivity contribution in [2.24, 2.45) is 11.8 Å². The molecule has 2 nitrogen and oxygen atoms in total. The molecule has 4 heterocycles. The first-order chi connectivity index (χ1) is 21.2. The van der Waals surface area contributed by atoms with Crippen molar-refractivity contribution >= 4 is 77.5 Å². The van der Waals surface area contributed by atoms with Gasteiger partial charge in [0.15, 0.2) is 0 Å². The minimum atomic E-state index is -2.59. The van der Waals surface area contributed by atoms with Gasteiger partial charge in [-0.15, -0.1) is 0 Å². The quantitative estimate of drug-likeness (QED) is 0.119. The molecule has 6 rings (SSSR count). The minimum absolute atomic E-state index is 0.592. The standard InChI is InChI=1S/C27H27N2S2.3C4H9.Sn/c1-15(2)13-28-20-9-7-19-25-21(8-6-18(24(20)25)26-22(28)10-11-30-26)29(14-16(3)4)23-12-17(5)31-27(19)23;3*1-3-4-2;/h6-10,12,15-16H,13-14H2,1-5H3;3*1,3-4H2,2H3;. The SMILES string of the molecule is CCC[CH2][Sn]([CH2]CCC)([CH2]CCC)[c]1cc2c(s1)-c1ccc3c4c(ccc(c14)N2CC(C)C)-c1sc(C)cc1N3CC(C)C. The zero-order chi connectivity index (χ0) is 31.2. The van der Waals surface area contributed by atoms with E-state index in [0.717, 1.165) is 13.1 Å². The van der Waals surface area contributed by atoms with Crippen molar-refractivity contribution in [2.75, 3.05) is 22.9 Å². The van der Waals surface area contributed by atoms with Crippen LogP contribution in [-0.4, -0.2) is 31.5 Å². The number of nitrogens with zero attached hydrogens (tertiary/aromatic N) is 2. The predicted molar refractivity (Wildman–Crippen MR) is 204 cm³/mol. The normalized spacial score (nSPS) is 13.9. The second kappa shape index (κ2) is 13.3. The van der Waals surface area contributed by atoms with Gasteiger partial charge in [-0.2, -0.15) is 0 Å². The van der Waals surface area contributed by atoms with Gasteiger partial charge in [-0.05, 0) is 0 Å². The Kier molecular flexibility index (Phi) is 9.82. The van der Waals surface area contributed by atoms with Crippen molar-refractivity contribution in [1.82, 2.24) is 0 Å². The Morgan fingerprint density at radius 3 is 1.52 bits per heavy atom. The maximum atomic E-state index is 2.76. The second-order valence-corrected chi connectivity index (χ2v) is 31.0. The van der Waals surface area contributed by atoms with Crippen LogP contribution in [0.5, 0.6) is 0 Å². The van der Waals surface area contributed by atoms with Crippen LogP contribution >= 0.6 is 22.7 Å². The van der Waals surface area contributed by atoms with Crippen LogP contribution in [0, 0.1) is 18.8 Å². The summed E-state index contributed by atoms with van der Waals surface area (Å²) < 4.78 is 6.46. The molecule has 4 aromatic rings. The summed E-state index contributed by atoms with van der Waals surface area (Å²) in [4.78, 5) is 9.81. The molecule has 0 spiro atoms. The van der Waals surface area contributed by atoms with Gasteiger partial charge >= 0.3 is 282 Å². The zero-order valence-electron chi connectivity index (χ0n) is 28.6.